The van der Waals surface area contributed by atoms with Crippen molar-refractivity contribution >= 4 is 22.2 Å². The van der Waals surface area contributed by atoms with Gasteiger partial charge in [-0.05, 0) is 25.1 Å². The van der Waals surface area contributed by atoms with E-state index in [1.54, 1.807) is 6.26 Å². The lowest BCUT2D eigenvalue weighted by Gasteiger charge is -2.12. The minimum absolute atomic E-state index is 0.00710. The molecule has 0 spiro atoms. The molecular formula is C10H15FN2OS. The number of anilines is 2. The number of hydrogen-bond donors (Lipinski definition) is 2. The lowest BCUT2D eigenvalue weighted by atomic mass is 10.2. The molecule has 3 nitrogen and oxygen atoms in total. The summed E-state index contributed by atoms with van der Waals surface area (Å²) in [6.07, 6.45) is 1.64. The van der Waals surface area contributed by atoms with Crippen LogP contribution in [-0.2, 0) is 10.8 Å². The number of nitrogen functional groups attached to an aromatic ring is 1. The van der Waals surface area contributed by atoms with Crippen LogP contribution in [0.3, 0.4) is 0 Å². The Morgan fingerprint density at radius 2 is 2.27 bits per heavy atom. The first kappa shape index (κ1) is 12.0. The van der Waals surface area contributed by atoms with Crippen LogP contribution in [0.4, 0.5) is 15.8 Å². The van der Waals surface area contributed by atoms with E-state index in [1.165, 1.54) is 18.2 Å². The zero-order valence-corrected chi connectivity index (χ0v) is 9.60. The Kier molecular flexibility index (Phi) is 4.08. The van der Waals surface area contributed by atoms with Gasteiger partial charge in [0.05, 0.1) is 11.4 Å². The highest BCUT2D eigenvalue weighted by Crippen LogP contribution is 2.19. The van der Waals surface area contributed by atoms with Crippen molar-refractivity contribution in [3.05, 3.63) is 24.0 Å². The molecule has 2 atom stereocenters. The van der Waals surface area contributed by atoms with E-state index in [4.69, 9.17) is 5.73 Å². The first-order valence-corrected chi connectivity index (χ1v) is 6.24. The van der Waals surface area contributed by atoms with Crippen molar-refractivity contribution in [1.82, 2.24) is 0 Å². The van der Waals surface area contributed by atoms with Crippen molar-refractivity contribution in [2.24, 2.45) is 0 Å². The lowest BCUT2D eigenvalue weighted by molar-refractivity contribution is 0.628. The second-order valence-corrected chi connectivity index (χ2v) is 5.22. The Bertz CT molecular complexity index is 370. The second kappa shape index (κ2) is 5.11. The Labute approximate surface area is 91.3 Å². The van der Waals surface area contributed by atoms with Crippen LogP contribution in [0.5, 0.6) is 0 Å². The van der Waals surface area contributed by atoms with Crippen molar-refractivity contribution in [3.8, 4) is 0 Å². The first-order chi connectivity index (χ1) is 7.00. The maximum absolute atomic E-state index is 12.9. The van der Waals surface area contributed by atoms with Crippen LogP contribution < -0.4 is 11.1 Å². The zero-order chi connectivity index (χ0) is 11.4. The van der Waals surface area contributed by atoms with Crippen LogP contribution in [0.2, 0.25) is 0 Å². The van der Waals surface area contributed by atoms with Crippen LogP contribution in [0, 0.1) is 5.82 Å². The predicted molar refractivity (Wildman–Crippen MR) is 62.8 cm³/mol. The normalized spacial score (nSPS) is 14.6. The maximum atomic E-state index is 12.9. The van der Waals surface area contributed by atoms with Gasteiger partial charge in [-0.3, -0.25) is 4.21 Å². The first-order valence-electron chi connectivity index (χ1n) is 4.62. The molecule has 1 aromatic carbocycles. The molecule has 0 saturated heterocycles. The highest BCUT2D eigenvalue weighted by atomic mass is 32.2. The summed E-state index contributed by atoms with van der Waals surface area (Å²) in [7, 11) is -0.893. The van der Waals surface area contributed by atoms with Gasteiger partial charge in [-0.15, -0.1) is 0 Å². The number of nitrogens with two attached hydrogens (primary N) is 1. The SMILES string of the molecule is CC(CNc1cc(F)ccc1N)S(C)=O. The molecular weight excluding hydrogens is 215 g/mol. The van der Waals surface area contributed by atoms with Crippen LogP contribution in [0.25, 0.3) is 0 Å². The third kappa shape index (κ3) is 3.51. The standard InChI is InChI=1S/C10H15FN2OS/c1-7(15(2)14)6-13-10-5-8(11)3-4-9(10)12/h3-5,7,13H,6,12H2,1-2H3. The number of nitrogens with one attached hydrogen (secondary N) is 1. The third-order valence-electron chi connectivity index (χ3n) is 2.16. The third-order valence-corrected chi connectivity index (χ3v) is 3.46. The average Bonchev–Trinajstić information content (AvgIpc) is 2.18. The van der Waals surface area contributed by atoms with E-state index < -0.39 is 10.8 Å². The zero-order valence-electron chi connectivity index (χ0n) is 8.79. The molecule has 0 aromatic heterocycles. The Hall–Kier alpha value is -1.10. The van der Waals surface area contributed by atoms with Crippen LogP contribution in [0.1, 0.15) is 6.92 Å². The van der Waals surface area contributed by atoms with Crippen molar-refractivity contribution in [2.45, 2.75) is 12.2 Å². The van der Waals surface area contributed by atoms with Crippen molar-refractivity contribution < 1.29 is 8.60 Å². The number of halogens is 1. The van der Waals surface area contributed by atoms with E-state index in [9.17, 15) is 8.60 Å². The van der Waals surface area contributed by atoms with E-state index >= 15 is 0 Å². The largest absolute Gasteiger partial charge is 0.397 e. The molecule has 0 bridgehead atoms. The molecule has 1 rings (SSSR count). The number of hydrogen-bond acceptors (Lipinski definition) is 3. The van der Waals surface area contributed by atoms with Gasteiger partial charge in [0.15, 0.2) is 0 Å². The Morgan fingerprint density at radius 3 is 2.87 bits per heavy atom. The van der Waals surface area contributed by atoms with Crippen LogP contribution in [-0.4, -0.2) is 22.3 Å². The van der Waals surface area contributed by atoms with Crippen molar-refractivity contribution in [3.63, 3.8) is 0 Å². The summed E-state index contributed by atoms with van der Waals surface area (Å²) in [5, 5.41) is 2.98. The molecule has 5 heteroatoms. The second-order valence-electron chi connectivity index (χ2n) is 3.42. The van der Waals surface area contributed by atoms with E-state index in [0.717, 1.165) is 0 Å². The molecule has 0 aliphatic carbocycles. The summed E-state index contributed by atoms with van der Waals surface area (Å²) in [6, 6.07) is 4.15. The van der Waals surface area contributed by atoms with Gasteiger partial charge < -0.3 is 11.1 Å². The minimum atomic E-state index is -0.893. The van der Waals surface area contributed by atoms with Gasteiger partial charge in [0.25, 0.3) is 0 Å². The summed E-state index contributed by atoms with van der Waals surface area (Å²) in [5.74, 6) is -0.336. The van der Waals surface area contributed by atoms with Gasteiger partial charge in [0.1, 0.15) is 5.82 Å². The van der Waals surface area contributed by atoms with Crippen LogP contribution >= 0.6 is 0 Å². The minimum Gasteiger partial charge on any atom is -0.397 e. The fraction of sp³-hybridized carbons (Fsp3) is 0.400. The molecule has 0 aliphatic rings. The summed E-state index contributed by atoms with van der Waals surface area (Å²) >= 11 is 0. The van der Waals surface area contributed by atoms with Gasteiger partial charge in [-0.1, -0.05) is 0 Å². The van der Waals surface area contributed by atoms with E-state index in [-0.39, 0.29) is 11.1 Å². The van der Waals surface area contributed by atoms with E-state index in [1.807, 2.05) is 6.92 Å². The van der Waals surface area contributed by atoms with Gasteiger partial charge in [-0.25, -0.2) is 4.39 Å². The van der Waals surface area contributed by atoms with Gasteiger partial charge in [-0.2, -0.15) is 0 Å². The molecule has 1 aromatic rings. The summed E-state index contributed by atoms with van der Waals surface area (Å²) in [4.78, 5) is 0. The molecule has 84 valence electrons. The van der Waals surface area contributed by atoms with Gasteiger partial charge >= 0.3 is 0 Å². The average molecular weight is 230 g/mol. The monoisotopic (exact) mass is 230 g/mol. The topological polar surface area (TPSA) is 55.1 Å². The van der Waals surface area contributed by atoms with Gasteiger partial charge in [0, 0.05) is 28.9 Å². The van der Waals surface area contributed by atoms with Crippen LogP contribution in [0.15, 0.2) is 18.2 Å². The quantitative estimate of drug-likeness (QED) is 0.772. The number of rotatable bonds is 4. The summed E-state index contributed by atoms with van der Waals surface area (Å²) in [5.41, 5.74) is 6.69. The fourth-order valence-electron chi connectivity index (χ4n) is 1.05. The highest BCUT2D eigenvalue weighted by Gasteiger charge is 2.07. The summed E-state index contributed by atoms with van der Waals surface area (Å²) < 4.78 is 24.0. The molecule has 2 unspecified atom stereocenters. The molecule has 0 aliphatic heterocycles. The Balaban J connectivity index is 2.65. The van der Waals surface area contributed by atoms with E-state index in [0.29, 0.717) is 17.9 Å². The Morgan fingerprint density at radius 1 is 1.60 bits per heavy atom. The van der Waals surface area contributed by atoms with E-state index in [2.05, 4.69) is 5.32 Å². The predicted octanol–water partition coefficient (Wildman–Crippen LogP) is 1.59. The molecule has 3 N–H and O–H groups in total. The van der Waals surface area contributed by atoms with Crippen molar-refractivity contribution in [1.29, 1.82) is 0 Å². The fourth-order valence-corrected chi connectivity index (χ4v) is 1.37. The molecule has 0 saturated carbocycles. The summed E-state index contributed by atoms with van der Waals surface area (Å²) in [6.45, 7) is 2.37. The highest BCUT2D eigenvalue weighted by molar-refractivity contribution is 7.84. The molecule has 0 heterocycles. The molecule has 0 amide bonds. The van der Waals surface area contributed by atoms with Gasteiger partial charge in [0.2, 0.25) is 0 Å². The molecule has 0 fully saturated rings. The number of benzene rings is 1. The van der Waals surface area contributed by atoms with Crippen molar-refractivity contribution in [2.75, 3.05) is 23.9 Å². The molecule has 15 heavy (non-hydrogen) atoms. The lowest BCUT2D eigenvalue weighted by Crippen LogP contribution is -2.21. The molecule has 0 radical (unpaired) electrons. The maximum Gasteiger partial charge on any atom is 0.125 e. The smallest absolute Gasteiger partial charge is 0.125 e.